The lowest BCUT2D eigenvalue weighted by Gasteiger charge is -2.34. The first-order valence-corrected chi connectivity index (χ1v) is 9.13. The van der Waals surface area contributed by atoms with Gasteiger partial charge in [-0.3, -0.25) is 4.79 Å². The highest BCUT2D eigenvalue weighted by Crippen LogP contribution is 2.42. The van der Waals surface area contributed by atoms with Crippen molar-refractivity contribution in [1.82, 2.24) is 5.32 Å². The SMILES string of the molecule is Cc1cccc(C2(C(=O)NC3CCC(CO)CC3)CCCC2)c1. The molecule has 0 radical (unpaired) electrons. The Kier molecular flexibility index (Phi) is 5.05. The number of carbonyl (C=O) groups excluding carboxylic acids is 1. The zero-order valence-corrected chi connectivity index (χ0v) is 14.2. The second kappa shape index (κ2) is 7.04. The molecule has 2 saturated carbocycles. The van der Waals surface area contributed by atoms with Gasteiger partial charge in [-0.1, -0.05) is 42.7 Å². The van der Waals surface area contributed by atoms with Crippen LogP contribution in [0.25, 0.3) is 0 Å². The quantitative estimate of drug-likeness (QED) is 0.894. The van der Waals surface area contributed by atoms with Gasteiger partial charge >= 0.3 is 0 Å². The molecule has 2 aliphatic rings. The average Bonchev–Trinajstić information content (AvgIpc) is 3.06. The normalized spacial score (nSPS) is 26.9. The van der Waals surface area contributed by atoms with Gasteiger partial charge in [-0.2, -0.15) is 0 Å². The summed E-state index contributed by atoms with van der Waals surface area (Å²) in [6.45, 7) is 2.38. The zero-order valence-electron chi connectivity index (χ0n) is 14.2. The number of amides is 1. The largest absolute Gasteiger partial charge is 0.396 e. The predicted molar refractivity (Wildman–Crippen MR) is 92.3 cm³/mol. The molecule has 3 nitrogen and oxygen atoms in total. The number of carbonyl (C=O) groups is 1. The number of aliphatic hydroxyl groups is 1. The van der Waals surface area contributed by atoms with E-state index in [0.29, 0.717) is 5.92 Å². The summed E-state index contributed by atoms with van der Waals surface area (Å²) < 4.78 is 0. The van der Waals surface area contributed by atoms with Crippen LogP contribution >= 0.6 is 0 Å². The van der Waals surface area contributed by atoms with Gasteiger partial charge < -0.3 is 10.4 Å². The average molecular weight is 315 g/mol. The van der Waals surface area contributed by atoms with Crippen molar-refractivity contribution < 1.29 is 9.90 Å². The summed E-state index contributed by atoms with van der Waals surface area (Å²) in [6, 6.07) is 8.77. The Labute approximate surface area is 139 Å². The van der Waals surface area contributed by atoms with Crippen LogP contribution in [0, 0.1) is 12.8 Å². The fraction of sp³-hybridized carbons (Fsp3) is 0.650. The van der Waals surface area contributed by atoms with Crippen molar-refractivity contribution in [1.29, 1.82) is 0 Å². The van der Waals surface area contributed by atoms with Crippen LogP contribution in [-0.4, -0.2) is 23.7 Å². The molecule has 126 valence electrons. The molecule has 0 spiro atoms. The molecule has 0 heterocycles. The monoisotopic (exact) mass is 315 g/mol. The zero-order chi connectivity index (χ0) is 16.3. The van der Waals surface area contributed by atoms with Gasteiger partial charge in [0, 0.05) is 12.6 Å². The Bertz CT molecular complexity index is 540. The maximum Gasteiger partial charge on any atom is 0.230 e. The minimum Gasteiger partial charge on any atom is -0.396 e. The second-order valence-electron chi connectivity index (χ2n) is 7.53. The first-order chi connectivity index (χ1) is 11.1. The Morgan fingerprint density at radius 3 is 2.52 bits per heavy atom. The molecule has 0 aromatic heterocycles. The second-order valence-corrected chi connectivity index (χ2v) is 7.53. The maximum atomic E-state index is 13.1. The van der Waals surface area contributed by atoms with Gasteiger partial charge in [0.1, 0.15) is 0 Å². The van der Waals surface area contributed by atoms with E-state index < -0.39 is 0 Å². The van der Waals surface area contributed by atoms with Crippen LogP contribution in [0.15, 0.2) is 24.3 Å². The molecule has 2 fully saturated rings. The molecule has 0 aliphatic heterocycles. The standard InChI is InChI=1S/C20H29NO2/c1-15-5-4-6-17(13-15)20(11-2-3-12-20)19(23)21-18-9-7-16(14-22)8-10-18/h4-6,13,16,18,22H,2-3,7-12,14H2,1H3,(H,21,23). The molecule has 0 unspecified atom stereocenters. The van der Waals surface area contributed by atoms with Gasteiger partial charge in [0.2, 0.25) is 5.91 Å². The minimum atomic E-state index is -0.320. The van der Waals surface area contributed by atoms with Gasteiger partial charge in [0.05, 0.1) is 5.41 Å². The van der Waals surface area contributed by atoms with E-state index in [9.17, 15) is 9.90 Å². The third kappa shape index (κ3) is 3.45. The van der Waals surface area contributed by atoms with Gasteiger partial charge in [-0.05, 0) is 56.9 Å². The van der Waals surface area contributed by atoms with Crippen LogP contribution in [0.5, 0.6) is 0 Å². The first-order valence-electron chi connectivity index (χ1n) is 9.13. The number of hydrogen-bond donors (Lipinski definition) is 2. The minimum absolute atomic E-state index is 0.230. The highest BCUT2D eigenvalue weighted by Gasteiger charge is 2.43. The first kappa shape index (κ1) is 16.5. The molecule has 1 amide bonds. The van der Waals surface area contributed by atoms with Crippen molar-refractivity contribution in [2.24, 2.45) is 5.92 Å². The molecular formula is C20H29NO2. The van der Waals surface area contributed by atoms with E-state index in [-0.39, 0.29) is 24.0 Å². The van der Waals surface area contributed by atoms with Gasteiger partial charge in [0.25, 0.3) is 0 Å². The molecule has 0 atom stereocenters. The molecule has 23 heavy (non-hydrogen) atoms. The van der Waals surface area contributed by atoms with Crippen molar-refractivity contribution in [3.05, 3.63) is 35.4 Å². The predicted octanol–water partition coefficient (Wildman–Crippen LogP) is 3.47. The van der Waals surface area contributed by atoms with Crippen LogP contribution in [0.1, 0.15) is 62.5 Å². The molecule has 0 bridgehead atoms. The maximum absolute atomic E-state index is 13.1. The number of rotatable bonds is 4. The smallest absolute Gasteiger partial charge is 0.230 e. The number of nitrogens with one attached hydrogen (secondary N) is 1. The molecule has 3 rings (SSSR count). The van der Waals surface area contributed by atoms with E-state index in [1.807, 2.05) is 0 Å². The topological polar surface area (TPSA) is 49.3 Å². The lowest BCUT2D eigenvalue weighted by Crippen LogP contribution is -2.48. The Hall–Kier alpha value is -1.35. The van der Waals surface area contributed by atoms with E-state index in [4.69, 9.17) is 0 Å². The summed E-state index contributed by atoms with van der Waals surface area (Å²) in [7, 11) is 0. The molecule has 2 aliphatic carbocycles. The molecule has 1 aromatic rings. The molecular weight excluding hydrogens is 286 g/mol. The summed E-state index contributed by atoms with van der Waals surface area (Å²) in [5.41, 5.74) is 2.10. The Morgan fingerprint density at radius 1 is 1.22 bits per heavy atom. The van der Waals surface area contributed by atoms with Crippen LogP contribution in [-0.2, 0) is 10.2 Å². The Morgan fingerprint density at radius 2 is 1.91 bits per heavy atom. The number of aliphatic hydroxyl groups excluding tert-OH is 1. The van der Waals surface area contributed by atoms with Crippen LogP contribution in [0.3, 0.4) is 0 Å². The van der Waals surface area contributed by atoms with Crippen molar-refractivity contribution in [2.45, 2.75) is 69.7 Å². The van der Waals surface area contributed by atoms with Gasteiger partial charge in [-0.25, -0.2) is 0 Å². The highest BCUT2D eigenvalue weighted by atomic mass is 16.3. The summed E-state index contributed by atoms with van der Waals surface area (Å²) in [4.78, 5) is 13.1. The van der Waals surface area contributed by atoms with E-state index in [1.54, 1.807) is 0 Å². The van der Waals surface area contributed by atoms with Crippen molar-refractivity contribution in [2.75, 3.05) is 6.61 Å². The van der Waals surface area contributed by atoms with Gasteiger partial charge in [0.15, 0.2) is 0 Å². The van der Waals surface area contributed by atoms with Crippen LogP contribution in [0.2, 0.25) is 0 Å². The number of hydrogen-bond acceptors (Lipinski definition) is 2. The lowest BCUT2D eigenvalue weighted by atomic mass is 9.76. The summed E-state index contributed by atoms with van der Waals surface area (Å²) >= 11 is 0. The lowest BCUT2D eigenvalue weighted by molar-refractivity contribution is -0.127. The van der Waals surface area contributed by atoms with E-state index in [1.165, 1.54) is 11.1 Å². The van der Waals surface area contributed by atoms with Crippen molar-refractivity contribution in [3.8, 4) is 0 Å². The van der Waals surface area contributed by atoms with E-state index in [0.717, 1.165) is 51.4 Å². The summed E-state index contributed by atoms with van der Waals surface area (Å²) in [5, 5.41) is 12.6. The highest BCUT2D eigenvalue weighted by molar-refractivity contribution is 5.88. The molecule has 1 aromatic carbocycles. The fourth-order valence-electron chi connectivity index (χ4n) is 4.38. The van der Waals surface area contributed by atoms with E-state index in [2.05, 4.69) is 36.5 Å². The molecule has 0 saturated heterocycles. The van der Waals surface area contributed by atoms with Crippen LogP contribution in [0.4, 0.5) is 0 Å². The third-order valence-corrected chi connectivity index (χ3v) is 5.90. The summed E-state index contributed by atoms with van der Waals surface area (Å²) in [5.74, 6) is 0.661. The fourth-order valence-corrected chi connectivity index (χ4v) is 4.38. The third-order valence-electron chi connectivity index (χ3n) is 5.90. The Balaban J connectivity index is 1.72. The summed E-state index contributed by atoms with van der Waals surface area (Å²) in [6.07, 6.45) is 8.26. The van der Waals surface area contributed by atoms with Crippen molar-refractivity contribution >= 4 is 5.91 Å². The van der Waals surface area contributed by atoms with Gasteiger partial charge in [-0.15, -0.1) is 0 Å². The number of benzene rings is 1. The van der Waals surface area contributed by atoms with E-state index >= 15 is 0 Å². The molecule has 3 heteroatoms. The number of aryl methyl sites for hydroxylation is 1. The van der Waals surface area contributed by atoms with Crippen LogP contribution < -0.4 is 5.32 Å². The van der Waals surface area contributed by atoms with Crippen molar-refractivity contribution in [3.63, 3.8) is 0 Å². The molecule has 2 N–H and O–H groups in total.